The van der Waals surface area contributed by atoms with Gasteiger partial charge in [0.25, 0.3) is 5.56 Å². The van der Waals surface area contributed by atoms with Gasteiger partial charge in [0, 0.05) is 22.4 Å². The number of nitriles is 1. The molecule has 0 saturated heterocycles. The van der Waals surface area contributed by atoms with Gasteiger partial charge in [-0.3, -0.25) is 9.36 Å². The second-order valence-electron chi connectivity index (χ2n) is 8.69. The Morgan fingerprint density at radius 2 is 1.57 bits per heavy atom. The summed E-state index contributed by atoms with van der Waals surface area (Å²) in [7, 11) is 0. The summed E-state index contributed by atoms with van der Waals surface area (Å²) >= 11 is 0. The lowest BCUT2D eigenvalue weighted by atomic mass is 9.97. The van der Waals surface area contributed by atoms with Gasteiger partial charge in [0.15, 0.2) is 0 Å². The Kier molecular flexibility index (Phi) is 7.92. The fourth-order valence-electron chi connectivity index (χ4n) is 4.37. The number of aryl methyl sites for hydroxylation is 2. The highest BCUT2D eigenvalue weighted by atomic mass is 16.5. The van der Waals surface area contributed by atoms with Gasteiger partial charge in [0.2, 0.25) is 0 Å². The summed E-state index contributed by atoms with van der Waals surface area (Å²) in [5.41, 5.74) is 6.64. The lowest BCUT2D eigenvalue weighted by molar-refractivity contribution is 0.106. The third-order valence-electron chi connectivity index (χ3n) is 6.23. The highest BCUT2D eigenvalue weighted by Crippen LogP contribution is 2.30. The molecule has 4 rings (SSSR count). The zero-order valence-corrected chi connectivity index (χ0v) is 20.3. The topological polar surface area (TPSA) is 55.0 Å². The van der Waals surface area contributed by atoms with E-state index in [4.69, 9.17) is 4.74 Å². The number of rotatable bonds is 9. The van der Waals surface area contributed by atoms with E-state index in [1.807, 2.05) is 90.4 Å². The number of para-hydroxylation sites is 1. The van der Waals surface area contributed by atoms with Crippen molar-refractivity contribution in [1.82, 2.24) is 4.57 Å². The molecule has 0 saturated carbocycles. The number of aromatic nitrogens is 1. The Balaban J connectivity index is 1.81. The van der Waals surface area contributed by atoms with Gasteiger partial charge >= 0.3 is 0 Å². The molecule has 4 nitrogen and oxygen atoms in total. The molecule has 1 heterocycles. The number of hydrogen-bond acceptors (Lipinski definition) is 3. The second-order valence-corrected chi connectivity index (χ2v) is 8.69. The molecular weight excluding hydrogens is 432 g/mol. The van der Waals surface area contributed by atoms with Crippen molar-refractivity contribution in [3.05, 3.63) is 123 Å². The van der Waals surface area contributed by atoms with Crippen LogP contribution in [0.1, 0.15) is 47.7 Å². The molecule has 0 fully saturated rings. The molecule has 3 aromatic carbocycles. The van der Waals surface area contributed by atoms with Crippen molar-refractivity contribution >= 4 is 0 Å². The van der Waals surface area contributed by atoms with Crippen LogP contribution in [0.25, 0.3) is 16.8 Å². The van der Waals surface area contributed by atoms with Crippen LogP contribution in [0.3, 0.4) is 0 Å². The first-order valence-electron chi connectivity index (χ1n) is 12.1. The molecule has 0 aliphatic rings. The SMILES string of the molecule is CCCCc1cc(C)c(COCc2ccccc2)c(=O)n1-c1ccccc1-c1ccccc1C#N. The molecule has 0 amide bonds. The predicted molar refractivity (Wildman–Crippen MR) is 140 cm³/mol. The van der Waals surface area contributed by atoms with E-state index in [0.717, 1.165) is 52.9 Å². The van der Waals surface area contributed by atoms with Crippen LogP contribution in [0.15, 0.2) is 89.7 Å². The van der Waals surface area contributed by atoms with Crippen molar-refractivity contribution in [1.29, 1.82) is 5.26 Å². The number of hydrogen-bond donors (Lipinski definition) is 0. The molecule has 35 heavy (non-hydrogen) atoms. The molecule has 0 aliphatic carbocycles. The smallest absolute Gasteiger partial charge is 0.261 e. The fourth-order valence-corrected chi connectivity index (χ4v) is 4.37. The Morgan fingerprint density at radius 1 is 0.886 bits per heavy atom. The third kappa shape index (κ3) is 5.42. The molecule has 4 aromatic rings. The van der Waals surface area contributed by atoms with Crippen LogP contribution in [0, 0.1) is 18.3 Å². The van der Waals surface area contributed by atoms with Crippen molar-refractivity contribution in [2.45, 2.75) is 46.3 Å². The van der Waals surface area contributed by atoms with Gasteiger partial charge in [0.05, 0.1) is 30.5 Å². The largest absolute Gasteiger partial charge is 0.372 e. The quantitative estimate of drug-likeness (QED) is 0.277. The summed E-state index contributed by atoms with van der Waals surface area (Å²) in [6, 6.07) is 29.7. The van der Waals surface area contributed by atoms with Crippen LogP contribution < -0.4 is 5.56 Å². The summed E-state index contributed by atoms with van der Waals surface area (Å²) in [5.74, 6) is 0. The normalized spacial score (nSPS) is 10.8. The Hall–Kier alpha value is -3.94. The van der Waals surface area contributed by atoms with Gasteiger partial charge in [-0.25, -0.2) is 0 Å². The summed E-state index contributed by atoms with van der Waals surface area (Å²) in [4.78, 5) is 14.0. The van der Waals surface area contributed by atoms with Gasteiger partial charge in [0.1, 0.15) is 0 Å². The van der Waals surface area contributed by atoms with Crippen molar-refractivity contribution in [2.24, 2.45) is 0 Å². The maximum absolute atomic E-state index is 14.0. The average Bonchev–Trinajstić information content (AvgIpc) is 2.90. The number of ether oxygens (including phenoxy) is 1. The standard InChI is InChI=1S/C31H30N2O2/c1-3-4-15-26-19-23(2)29(22-35-21-24-12-6-5-7-13-24)31(34)33(26)30-18-11-10-17-28(30)27-16-9-8-14-25(27)20-32/h5-14,16-19H,3-4,15,21-22H2,1-2H3. The summed E-state index contributed by atoms with van der Waals surface area (Å²) in [5, 5.41) is 9.70. The van der Waals surface area contributed by atoms with Crippen LogP contribution in [-0.4, -0.2) is 4.57 Å². The van der Waals surface area contributed by atoms with E-state index in [2.05, 4.69) is 19.1 Å². The zero-order chi connectivity index (χ0) is 24.6. The summed E-state index contributed by atoms with van der Waals surface area (Å²) in [6.07, 6.45) is 2.82. The number of unbranched alkanes of at least 4 members (excludes halogenated alkanes) is 1. The molecule has 4 heteroatoms. The second kappa shape index (κ2) is 11.5. The maximum Gasteiger partial charge on any atom is 0.261 e. The van der Waals surface area contributed by atoms with Crippen LogP contribution in [0.4, 0.5) is 0 Å². The minimum absolute atomic E-state index is 0.0638. The first-order chi connectivity index (χ1) is 17.1. The lowest BCUT2D eigenvalue weighted by Crippen LogP contribution is -2.27. The molecule has 176 valence electrons. The molecule has 0 aliphatic heterocycles. The van der Waals surface area contributed by atoms with Crippen molar-refractivity contribution in [3.8, 4) is 22.9 Å². The highest BCUT2D eigenvalue weighted by Gasteiger charge is 2.18. The van der Waals surface area contributed by atoms with E-state index in [-0.39, 0.29) is 12.2 Å². The Bertz CT molecular complexity index is 1400. The molecule has 1 aromatic heterocycles. The predicted octanol–water partition coefficient (Wildman–Crippen LogP) is 6.74. The summed E-state index contributed by atoms with van der Waals surface area (Å²) < 4.78 is 7.80. The van der Waals surface area contributed by atoms with Crippen LogP contribution in [0.5, 0.6) is 0 Å². The van der Waals surface area contributed by atoms with E-state index in [1.54, 1.807) is 0 Å². The number of nitrogens with zero attached hydrogens (tertiary/aromatic N) is 2. The molecule has 0 N–H and O–H groups in total. The first kappa shape index (κ1) is 24.2. The van der Waals surface area contributed by atoms with Crippen LogP contribution >= 0.6 is 0 Å². The number of benzene rings is 3. The monoisotopic (exact) mass is 462 g/mol. The Morgan fingerprint density at radius 3 is 2.31 bits per heavy atom. The van der Waals surface area contributed by atoms with E-state index >= 15 is 0 Å². The third-order valence-corrected chi connectivity index (χ3v) is 6.23. The molecule has 0 atom stereocenters. The Labute approximate surface area is 207 Å². The van der Waals surface area contributed by atoms with Gasteiger partial charge in [-0.2, -0.15) is 5.26 Å². The fraction of sp³-hybridized carbons (Fsp3) is 0.226. The zero-order valence-electron chi connectivity index (χ0n) is 20.3. The highest BCUT2D eigenvalue weighted by molar-refractivity contribution is 5.77. The molecule has 0 spiro atoms. The van der Waals surface area contributed by atoms with E-state index in [9.17, 15) is 10.1 Å². The minimum atomic E-state index is -0.0638. The summed E-state index contributed by atoms with van der Waals surface area (Å²) in [6.45, 7) is 4.82. The molecule has 0 radical (unpaired) electrons. The van der Waals surface area contributed by atoms with Crippen molar-refractivity contribution in [2.75, 3.05) is 0 Å². The van der Waals surface area contributed by atoms with Crippen LogP contribution in [-0.2, 0) is 24.4 Å². The first-order valence-corrected chi connectivity index (χ1v) is 12.1. The van der Waals surface area contributed by atoms with Gasteiger partial charge in [-0.05, 0) is 49.1 Å². The maximum atomic E-state index is 14.0. The van der Waals surface area contributed by atoms with Crippen molar-refractivity contribution < 1.29 is 4.74 Å². The minimum Gasteiger partial charge on any atom is -0.372 e. The van der Waals surface area contributed by atoms with Crippen LogP contribution in [0.2, 0.25) is 0 Å². The molecule has 0 bridgehead atoms. The average molecular weight is 463 g/mol. The lowest BCUT2D eigenvalue weighted by Gasteiger charge is -2.20. The number of pyridine rings is 1. The molecular formula is C31H30N2O2. The van der Waals surface area contributed by atoms with E-state index in [1.165, 1.54) is 0 Å². The van der Waals surface area contributed by atoms with Gasteiger partial charge in [-0.15, -0.1) is 0 Å². The molecule has 0 unspecified atom stereocenters. The van der Waals surface area contributed by atoms with Crippen molar-refractivity contribution in [3.63, 3.8) is 0 Å². The van der Waals surface area contributed by atoms with E-state index in [0.29, 0.717) is 17.7 Å². The van der Waals surface area contributed by atoms with Gasteiger partial charge < -0.3 is 4.74 Å². The van der Waals surface area contributed by atoms with Gasteiger partial charge in [-0.1, -0.05) is 80.1 Å². The van der Waals surface area contributed by atoms with E-state index < -0.39 is 0 Å².